The Morgan fingerprint density at radius 1 is 1.62 bits per heavy atom. The van der Waals surface area contributed by atoms with E-state index in [9.17, 15) is 9.00 Å². The number of nitrogens with zero attached hydrogens (tertiary/aromatic N) is 1. The Hall–Kier alpha value is -0.640. The van der Waals surface area contributed by atoms with E-state index in [1.165, 1.54) is 6.92 Å². The van der Waals surface area contributed by atoms with Crippen LogP contribution >= 0.6 is 0 Å². The van der Waals surface area contributed by atoms with Crippen LogP contribution in [-0.2, 0) is 15.4 Å². The summed E-state index contributed by atoms with van der Waals surface area (Å²) in [5.74, 6) is 0.474. The fourth-order valence-corrected chi connectivity index (χ4v) is 1.99. The largest absolute Gasteiger partial charge is 0.272 e. The molecule has 13 heavy (non-hydrogen) atoms. The number of allylic oxidation sites excluding steroid dienone is 2. The van der Waals surface area contributed by atoms with Crippen LogP contribution in [-0.4, -0.2) is 15.9 Å². The maximum absolute atomic E-state index is 11.2. The Labute approximate surface area is 81.4 Å². The molecule has 0 aromatic rings. The Bertz CT molecular complexity index is 265. The highest BCUT2D eigenvalue weighted by Crippen LogP contribution is 2.03. The van der Waals surface area contributed by atoms with Gasteiger partial charge in [0.1, 0.15) is 0 Å². The number of amides is 1. The zero-order valence-corrected chi connectivity index (χ0v) is 9.25. The van der Waals surface area contributed by atoms with Gasteiger partial charge in [0.2, 0.25) is 5.91 Å². The molecule has 0 aliphatic heterocycles. The highest BCUT2D eigenvalue weighted by Gasteiger charge is 2.00. The van der Waals surface area contributed by atoms with Gasteiger partial charge in [-0.15, -0.1) is 0 Å². The minimum absolute atomic E-state index is 0.322. The second-order valence-electron chi connectivity index (χ2n) is 3.06. The highest BCUT2D eigenvalue weighted by molar-refractivity contribution is 7.75. The third-order valence-electron chi connectivity index (χ3n) is 1.49. The molecule has 0 saturated carbocycles. The summed E-state index contributed by atoms with van der Waals surface area (Å²) >= 11 is 0. The van der Waals surface area contributed by atoms with Gasteiger partial charge < -0.3 is 0 Å². The van der Waals surface area contributed by atoms with Gasteiger partial charge in [-0.2, -0.15) is 4.36 Å². The number of rotatable bonds is 4. The Balaban J connectivity index is 3.98. The van der Waals surface area contributed by atoms with E-state index < -0.39 is 10.6 Å². The maximum Gasteiger partial charge on any atom is 0.250 e. The predicted molar refractivity (Wildman–Crippen MR) is 56.1 cm³/mol. The first kappa shape index (κ1) is 12.4. The van der Waals surface area contributed by atoms with E-state index in [-0.39, 0.29) is 5.91 Å². The molecular formula is C9H17NO2S. The maximum atomic E-state index is 11.2. The Morgan fingerprint density at radius 2 is 2.23 bits per heavy atom. The van der Waals surface area contributed by atoms with Gasteiger partial charge in [0.15, 0.2) is 0 Å². The summed E-state index contributed by atoms with van der Waals surface area (Å²) in [6.07, 6.45) is 4.89. The minimum atomic E-state index is -1.68. The summed E-state index contributed by atoms with van der Waals surface area (Å²) in [5, 5.41) is 0. The molecule has 0 aliphatic carbocycles. The van der Waals surface area contributed by atoms with Crippen LogP contribution in [0.3, 0.4) is 0 Å². The first-order chi connectivity index (χ1) is 6.06. The summed E-state index contributed by atoms with van der Waals surface area (Å²) in [4.78, 5) is 10.5. The molecule has 0 saturated heterocycles. The zero-order valence-electron chi connectivity index (χ0n) is 8.36. The third kappa shape index (κ3) is 7.71. The monoisotopic (exact) mass is 203 g/mol. The van der Waals surface area contributed by atoms with Gasteiger partial charge in [0.05, 0.1) is 0 Å². The van der Waals surface area contributed by atoms with Crippen molar-refractivity contribution in [3.8, 4) is 0 Å². The molecule has 1 unspecified atom stereocenters. The molecule has 0 rings (SSSR count). The summed E-state index contributed by atoms with van der Waals surface area (Å²) in [7, 11) is -1.68. The smallest absolute Gasteiger partial charge is 0.250 e. The van der Waals surface area contributed by atoms with E-state index in [4.69, 9.17) is 0 Å². The minimum Gasteiger partial charge on any atom is -0.272 e. The average molecular weight is 203 g/mol. The van der Waals surface area contributed by atoms with Crippen molar-refractivity contribution < 1.29 is 9.00 Å². The third-order valence-corrected chi connectivity index (χ3v) is 2.93. The molecule has 0 aromatic heterocycles. The lowest BCUT2D eigenvalue weighted by Crippen LogP contribution is -2.02. The van der Waals surface area contributed by atoms with Crippen LogP contribution in [0.2, 0.25) is 0 Å². The quantitative estimate of drug-likeness (QED) is 0.559. The van der Waals surface area contributed by atoms with Crippen LogP contribution in [0.1, 0.15) is 27.2 Å². The molecule has 1 amide bonds. The number of hydrogen-bond donors (Lipinski definition) is 1. The second kappa shape index (κ2) is 6.83. The molecule has 76 valence electrons. The Morgan fingerprint density at radius 3 is 2.69 bits per heavy atom. The summed E-state index contributed by atoms with van der Waals surface area (Å²) < 4.78 is 14.6. The normalized spacial score (nSPS) is 16.2. The van der Waals surface area contributed by atoms with Gasteiger partial charge in [-0.05, 0) is 19.3 Å². The van der Waals surface area contributed by atoms with Crippen molar-refractivity contribution in [2.24, 2.45) is 10.3 Å². The van der Waals surface area contributed by atoms with E-state index in [1.54, 1.807) is 0 Å². The van der Waals surface area contributed by atoms with Crippen molar-refractivity contribution in [2.75, 3.05) is 5.75 Å². The summed E-state index contributed by atoms with van der Waals surface area (Å²) in [6.45, 7) is 5.28. The zero-order chi connectivity index (χ0) is 10.3. The summed E-state index contributed by atoms with van der Waals surface area (Å²) in [6, 6.07) is 0. The molecule has 0 heterocycles. The van der Waals surface area contributed by atoms with E-state index in [0.29, 0.717) is 11.7 Å². The van der Waals surface area contributed by atoms with Gasteiger partial charge in [0, 0.05) is 23.3 Å². The highest BCUT2D eigenvalue weighted by atomic mass is 32.2. The fourth-order valence-electron chi connectivity index (χ4n) is 0.907. The van der Waals surface area contributed by atoms with E-state index in [0.717, 1.165) is 6.42 Å². The van der Waals surface area contributed by atoms with Crippen LogP contribution in [0.5, 0.6) is 0 Å². The van der Waals surface area contributed by atoms with Gasteiger partial charge in [-0.25, -0.2) is 0 Å². The first-order valence-corrected chi connectivity index (χ1v) is 5.74. The van der Waals surface area contributed by atoms with Gasteiger partial charge in [-0.1, -0.05) is 19.1 Å². The van der Waals surface area contributed by atoms with Crippen LogP contribution in [0.15, 0.2) is 16.5 Å². The number of hydrogen-bond acceptors (Lipinski definition) is 2. The topological polar surface area (TPSA) is 46.5 Å². The Kier molecular flexibility index (Phi) is 6.49. The molecular weight excluding hydrogens is 186 g/mol. The van der Waals surface area contributed by atoms with Crippen molar-refractivity contribution >= 4 is 16.5 Å². The van der Waals surface area contributed by atoms with Crippen molar-refractivity contribution in [3.05, 3.63) is 12.2 Å². The lowest BCUT2D eigenvalue weighted by atomic mass is 10.1. The lowest BCUT2D eigenvalue weighted by molar-refractivity contribution is -0.115. The molecule has 0 aromatic carbocycles. The lowest BCUT2D eigenvalue weighted by Gasteiger charge is -2.02. The van der Waals surface area contributed by atoms with Crippen molar-refractivity contribution in [2.45, 2.75) is 27.2 Å². The number of thiol groups is 1. The molecule has 0 fully saturated rings. The SMILES string of the molecule is C/C=C\C[C@H](C)C/[SH](=O)=N/C(C)=O. The van der Waals surface area contributed by atoms with E-state index in [2.05, 4.69) is 4.36 Å². The van der Waals surface area contributed by atoms with Gasteiger partial charge in [0.25, 0.3) is 0 Å². The standard InChI is InChI=1S/C9H17NO2S/c1-4-5-6-8(2)7-13(12)10-9(3)11/h4-5,8,13H,6-7H2,1-3H3/b5-4-/t8-/m0/s1. The molecule has 0 aliphatic rings. The van der Waals surface area contributed by atoms with E-state index in [1.807, 2.05) is 26.0 Å². The first-order valence-electron chi connectivity index (χ1n) is 4.34. The molecule has 4 heteroatoms. The van der Waals surface area contributed by atoms with Crippen LogP contribution in [0.4, 0.5) is 0 Å². The van der Waals surface area contributed by atoms with Gasteiger partial charge >= 0.3 is 0 Å². The molecule has 0 N–H and O–H groups in total. The molecule has 0 spiro atoms. The van der Waals surface area contributed by atoms with Crippen LogP contribution in [0.25, 0.3) is 0 Å². The van der Waals surface area contributed by atoms with Crippen molar-refractivity contribution in [1.29, 1.82) is 0 Å². The predicted octanol–water partition coefficient (Wildman–Crippen LogP) is 1.80. The molecule has 3 nitrogen and oxygen atoms in total. The van der Waals surface area contributed by atoms with Crippen LogP contribution in [0, 0.1) is 5.92 Å². The number of carbonyl (C=O) groups is 1. The molecule has 0 radical (unpaired) electrons. The number of carbonyl (C=O) groups excluding carboxylic acids is 1. The summed E-state index contributed by atoms with van der Waals surface area (Å²) in [5.41, 5.74) is 0. The van der Waals surface area contributed by atoms with Gasteiger partial charge in [-0.3, -0.25) is 9.00 Å². The van der Waals surface area contributed by atoms with Crippen molar-refractivity contribution in [3.63, 3.8) is 0 Å². The molecule has 0 bridgehead atoms. The fraction of sp³-hybridized carbons (Fsp3) is 0.667. The van der Waals surface area contributed by atoms with E-state index >= 15 is 0 Å². The van der Waals surface area contributed by atoms with Crippen LogP contribution < -0.4 is 0 Å². The van der Waals surface area contributed by atoms with Crippen molar-refractivity contribution in [1.82, 2.24) is 0 Å². The molecule has 2 atom stereocenters. The average Bonchev–Trinajstić information content (AvgIpc) is 1.98. The second-order valence-corrected chi connectivity index (χ2v) is 4.33.